The quantitative estimate of drug-likeness (QED) is 0.743. The Morgan fingerprint density at radius 2 is 2.07 bits per heavy atom. The molecule has 1 saturated heterocycles. The second-order valence-corrected chi connectivity index (χ2v) is 8.15. The summed E-state index contributed by atoms with van der Waals surface area (Å²) in [7, 11) is 0. The number of hydrogen-bond donors (Lipinski definition) is 2. The molecule has 1 aliphatic heterocycles. The summed E-state index contributed by atoms with van der Waals surface area (Å²) in [6, 6.07) is 2.75. The van der Waals surface area contributed by atoms with Crippen molar-refractivity contribution in [1.29, 1.82) is 0 Å². The third-order valence-corrected chi connectivity index (χ3v) is 6.39. The number of carboxylic acid groups (broad SMARTS) is 1. The van der Waals surface area contributed by atoms with Crippen LogP contribution in [0, 0.1) is 18.7 Å². The number of nitrogens with zero attached hydrogens (tertiary/aromatic N) is 2. The average molecular weight is 408 g/mol. The normalized spacial score (nSPS) is 20.7. The van der Waals surface area contributed by atoms with Crippen molar-refractivity contribution in [2.24, 2.45) is 5.92 Å². The number of halogens is 2. The van der Waals surface area contributed by atoms with Crippen LogP contribution in [0.4, 0.5) is 10.1 Å². The third kappa shape index (κ3) is 3.06. The Morgan fingerprint density at radius 3 is 2.68 bits per heavy atom. The number of anilines is 1. The van der Waals surface area contributed by atoms with Crippen LogP contribution in [0.1, 0.15) is 48.1 Å². The van der Waals surface area contributed by atoms with Crippen LogP contribution in [0.5, 0.6) is 0 Å². The molecule has 6 nitrogen and oxygen atoms in total. The van der Waals surface area contributed by atoms with E-state index in [-0.39, 0.29) is 17.6 Å². The molecule has 1 aliphatic carbocycles. The summed E-state index contributed by atoms with van der Waals surface area (Å²) in [4.78, 5) is 29.1. The lowest BCUT2D eigenvalue weighted by molar-refractivity contribution is 0.0694. The van der Waals surface area contributed by atoms with Crippen molar-refractivity contribution in [3.8, 4) is 0 Å². The first kappa shape index (κ1) is 19.2. The largest absolute Gasteiger partial charge is 0.477 e. The zero-order valence-corrected chi connectivity index (χ0v) is 16.6. The number of fused-ring (bicyclic) bond motifs is 1. The number of benzene rings is 1. The number of carboxylic acids is 1. The van der Waals surface area contributed by atoms with Gasteiger partial charge in [0.1, 0.15) is 11.4 Å². The molecule has 150 valence electrons. The SMILES string of the molecule is Cc1c(N2CC[C@H]([C@H](C)NCl)C2)c(F)cc2cc(C(=O)O)c(=O)n(C3CC3)c12. The van der Waals surface area contributed by atoms with Gasteiger partial charge in [0, 0.05) is 30.6 Å². The topological polar surface area (TPSA) is 74.6 Å². The van der Waals surface area contributed by atoms with Crippen molar-refractivity contribution in [2.75, 3.05) is 18.0 Å². The fourth-order valence-electron chi connectivity index (χ4n) is 4.37. The van der Waals surface area contributed by atoms with Crippen molar-refractivity contribution in [3.05, 3.63) is 39.4 Å². The van der Waals surface area contributed by atoms with E-state index in [1.54, 1.807) is 4.57 Å². The first-order chi connectivity index (χ1) is 13.3. The van der Waals surface area contributed by atoms with Crippen molar-refractivity contribution < 1.29 is 14.3 Å². The number of carbonyl (C=O) groups is 1. The van der Waals surface area contributed by atoms with Gasteiger partial charge in [-0.2, -0.15) is 0 Å². The van der Waals surface area contributed by atoms with Gasteiger partial charge in [0.15, 0.2) is 0 Å². The highest BCUT2D eigenvalue weighted by molar-refractivity contribution is 6.13. The van der Waals surface area contributed by atoms with E-state index in [9.17, 15) is 14.7 Å². The van der Waals surface area contributed by atoms with Crippen molar-refractivity contribution in [3.63, 3.8) is 0 Å². The van der Waals surface area contributed by atoms with E-state index in [0.29, 0.717) is 41.2 Å². The third-order valence-electron chi connectivity index (χ3n) is 6.04. The Kier molecular flexibility index (Phi) is 4.83. The Hall–Kier alpha value is -2.12. The molecule has 2 atom stereocenters. The molecular weight excluding hydrogens is 385 g/mol. The average Bonchev–Trinajstić information content (AvgIpc) is 3.37. The van der Waals surface area contributed by atoms with Crippen LogP contribution in [-0.2, 0) is 0 Å². The lowest BCUT2D eigenvalue weighted by Crippen LogP contribution is -2.31. The number of rotatable bonds is 5. The van der Waals surface area contributed by atoms with E-state index in [0.717, 1.165) is 19.3 Å². The standard InChI is InChI=1S/C20H23ClFN3O3/c1-10-17-13(7-15(20(27)28)19(26)25(17)14-3-4-14)8-16(22)18(10)24-6-5-12(9-24)11(2)23-21/h7-8,11-12,14,23H,3-6,9H2,1-2H3,(H,27,28)/t11-,12-/m0/s1. The van der Waals surface area contributed by atoms with Crippen LogP contribution >= 0.6 is 11.8 Å². The molecular formula is C20H23ClFN3O3. The van der Waals surface area contributed by atoms with Crippen molar-refractivity contribution >= 4 is 34.3 Å². The van der Waals surface area contributed by atoms with Crippen LogP contribution in [0.2, 0.25) is 0 Å². The molecule has 2 fully saturated rings. The highest BCUT2D eigenvalue weighted by atomic mass is 35.5. The molecule has 1 aromatic heterocycles. The monoisotopic (exact) mass is 407 g/mol. The van der Waals surface area contributed by atoms with Gasteiger partial charge >= 0.3 is 5.97 Å². The summed E-state index contributed by atoms with van der Waals surface area (Å²) in [5.74, 6) is -1.38. The number of aryl methyl sites for hydroxylation is 1. The summed E-state index contributed by atoms with van der Waals surface area (Å²) in [6.07, 6.45) is 2.55. The van der Waals surface area contributed by atoms with Crippen LogP contribution in [0.3, 0.4) is 0 Å². The zero-order chi connectivity index (χ0) is 20.2. The predicted octanol–water partition coefficient (Wildman–Crippen LogP) is 3.44. The lowest BCUT2D eigenvalue weighted by atomic mass is 10.0. The number of nitrogens with one attached hydrogen (secondary N) is 1. The molecule has 28 heavy (non-hydrogen) atoms. The lowest BCUT2D eigenvalue weighted by Gasteiger charge is -2.25. The van der Waals surface area contributed by atoms with Crippen LogP contribution < -0.4 is 15.3 Å². The number of aromatic carboxylic acids is 1. The summed E-state index contributed by atoms with van der Waals surface area (Å²) in [5.41, 5.74) is 0.995. The zero-order valence-electron chi connectivity index (χ0n) is 15.8. The molecule has 2 aliphatic rings. The highest BCUT2D eigenvalue weighted by Crippen LogP contribution is 2.40. The van der Waals surface area contributed by atoms with E-state index in [1.807, 2.05) is 18.7 Å². The molecule has 2 heterocycles. The molecule has 0 radical (unpaired) electrons. The van der Waals surface area contributed by atoms with Crippen molar-refractivity contribution in [2.45, 2.75) is 45.2 Å². The van der Waals surface area contributed by atoms with Gasteiger partial charge in [-0.1, -0.05) is 0 Å². The smallest absolute Gasteiger partial charge is 0.341 e. The maximum atomic E-state index is 15.1. The fourth-order valence-corrected chi connectivity index (χ4v) is 4.55. The fraction of sp³-hybridized carbons (Fsp3) is 0.500. The Balaban J connectivity index is 1.89. The number of pyridine rings is 1. The second-order valence-electron chi connectivity index (χ2n) is 7.93. The second kappa shape index (κ2) is 7.04. The molecule has 1 aromatic carbocycles. The maximum Gasteiger partial charge on any atom is 0.341 e. The van der Waals surface area contributed by atoms with Gasteiger partial charge in [0.05, 0.1) is 11.2 Å². The first-order valence-electron chi connectivity index (χ1n) is 9.56. The predicted molar refractivity (Wildman–Crippen MR) is 107 cm³/mol. The summed E-state index contributed by atoms with van der Waals surface area (Å²) >= 11 is 5.76. The first-order valence-corrected chi connectivity index (χ1v) is 9.94. The Labute approximate surface area is 167 Å². The molecule has 8 heteroatoms. The van der Waals surface area contributed by atoms with E-state index >= 15 is 4.39 Å². The van der Waals surface area contributed by atoms with Crippen LogP contribution in [0.25, 0.3) is 10.9 Å². The van der Waals surface area contributed by atoms with E-state index in [4.69, 9.17) is 11.8 Å². The summed E-state index contributed by atoms with van der Waals surface area (Å²) in [5, 5.41) is 9.84. The number of aromatic nitrogens is 1. The van der Waals surface area contributed by atoms with E-state index in [2.05, 4.69) is 4.84 Å². The van der Waals surface area contributed by atoms with E-state index < -0.39 is 17.3 Å². The molecule has 0 unspecified atom stereocenters. The Morgan fingerprint density at radius 1 is 1.36 bits per heavy atom. The van der Waals surface area contributed by atoms with Gasteiger partial charge in [0.25, 0.3) is 5.56 Å². The molecule has 0 amide bonds. The molecule has 2 aromatic rings. The molecule has 0 spiro atoms. The van der Waals surface area contributed by atoms with Gasteiger partial charge in [-0.05, 0) is 68.5 Å². The minimum atomic E-state index is -1.28. The Bertz CT molecular complexity index is 1020. The van der Waals surface area contributed by atoms with Gasteiger partial charge in [-0.15, -0.1) is 0 Å². The van der Waals surface area contributed by atoms with Crippen LogP contribution in [-0.4, -0.2) is 34.8 Å². The molecule has 4 rings (SSSR count). The minimum Gasteiger partial charge on any atom is -0.477 e. The van der Waals surface area contributed by atoms with Crippen LogP contribution in [0.15, 0.2) is 16.9 Å². The molecule has 0 bridgehead atoms. The number of hydrogen-bond acceptors (Lipinski definition) is 4. The molecule has 2 N–H and O–H groups in total. The van der Waals surface area contributed by atoms with Gasteiger partial charge in [-0.3, -0.25) is 4.79 Å². The highest BCUT2D eigenvalue weighted by Gasteiger charge is 2.33. The van der Waals surface area contributed by atoms with Gasteiger partial charge in [-0.25, -0.2) is 14.0 Å². The van der Waals surface area contributed by atoms with Crippen molar-refractivity contribution in [1.82, 2.24) is 9.40 Å². The van der Waals surface area contributed by atoms with Gasteiger partial charge < -0.3 is 14.6 Å². The van der Waals surface area contributed by atoms with Gasteiger partial charge in [0.2, 0.25) is 0 Å². The molecule has 1 saturated carbocycles. The van der Waals surface area contributed by atoms with E-state index in [1.165, 1.54) is 12.1 Å². The maximum absolute atomic E-state index is 15.1. The minimum absolute atomic E-state index is 0.0156. The summed E-state index contributed by atoms with van der Waals surface area (Å²) in [6.45, 7) is 5.20. The summed E-state index contributed by atoms with van der Waals surface area (Å²) < 4.78 is 16.7.